The molecule has 100 valence electrons. The van der Waals surface area contributed by atoms with Crippen molar-refractivity contribution in [1.29, 1.82) is 0 Å². The van der Waals surface area contributed by atoms with Gasteiger partial charge in [0.25, 0.3) is 0 Å². The van der Waals surface area contributed by atoms with E-state index in [0.717, 1.165) is 22.3 Å². The van der Waals surface area contributed by atoms with Gasteiger partial charge in [-0.25, -0.2) is 9.97 Å². The van der Waals surface area contributed by atoms with Crippen LogP contribution in [0, 0.1) is 0 Å². The first-order valence-corrected chi connectivity index (χ1v) is 6.90. The summed E-state index contributed by atoms with van der Waals surface area (Å²) < 4.78 is 6.56. The van der Waals surface area contributed by atoms with Crippen LogP contribution in [0.1, 0.15) is 19.4 Å². The highest BCUT2D eigenvalue weighted by Gasteiger charge is 2.01. The molecule has 0 aliphatic heterocycles. The standard InChI is InChI=1S/C14H16BrN3O/c1-10(2)16-7-11-8-17-14(18-9-11)19-13-5-3-12(15)4-6-13/h3-6,8-10,16H,7H2,1-2H3. The molecule has 1 N–H and O–H groups in total. The zero-order chi connectivity index (χ0) is 13.7. The molecule has 0 unspecified atom stereocenters. The van der Waals surface area contributed by atoms with Gasteiger partial charge in [-0.2, -0.15) is 0 Å². The normalized spacial score (nSPS) is 10.7. The van der Waals surface area contributed by atoms with E-state index in [0.29, 0.717) is 12.1 Å². The first kappa shape index (κ1) is 14.0. The highest BCUT2D eigenvalue weighted by molar-refractivity contribution is 9.10. The van der Waals surface area contributed by atoms with Gasteiger partial charge in [0, 0.05) is 35.0 Å². The smallest absolute Gasteiger partial charge is 0.321 e. The van der Waals surface area contributed by atoms with Crippen molar-refractivity contribution in [3.8, 4) is 11.8 Å². The third-order valence-electron chi connectivity index (χ3n) is 2.42. The average Bonchev–Trinajstić information content (AvgIpc) is 2.40. The molecule has 0 bridgehead atoms. The number of aromatic nitrogens is 2. The maximum absolute atomic E-state index is 5.55. The monoisotopic (exact) mass is 321 g/mol. The lowest BCUT2D eigenvalue weighted by atomic mass is 10.3. The molecule has 0 amide bonds. The lowest BCUT2D eigenvalue weighted by Gasteiger charge is -2.08. The van der Waals surface area contributed by atoms with E-state index in [1.807, 2.05) is 24.3 Å². The van der Waals surface area contributed by atoms with Crippen LogP contribution in [-0.2, 0) is 6.54 Å². The van der Waals surface area contributed by atoms with E-state index >= 15 is 0 Å². The van der Waals surface area contributed by atoms with Gasteiger partial charge >= 0.3 is 6.01 Å². The van der Waals surface area contributed by atoms with E-state index in [1.54, 1.807) is 12.4 Å². The number of nitrogens with one attached hydrogen (secondary N) is 1. The van der Waals surface area contributed by atoms with Gasteiger partial charge in [-0.05, 0) is 24.3 Å². The summed E-state index contributed by atoms with van der Waals surface area (Å²) in [4.78, 5) is 8.38. The summed E-state index contributed by atoms with van der Waals surface area (Å²) in [6, 6.07) is 8.35. The Balaban J connectivity index is 1.96. The molecule has 1 aromatic carbocycles. The predicted octanol–water partition coefficient (Wildman–Crippen LogP) is 3.53. The Labute approximate surface area is 121 Å². The number of benzene rings is 1. The second-order valence-corrected chi connectivity index (χ2v) is 5.38. The van der Waals surface area contributed by atoms with Crippen LogP contribution in [0.4, 0.5) is 0 Å². The number of ether oxygens (including phenoxy) is 1. The quantitative estimate of drug-likeness (QED) is 0.915. The second kappa shape index (κ2) is 6.63. The predicted molar refractivity (Wildman–Crippen MR) is 78.2 cm³/mol. The SMILES string of the molecule is CC(C)NCc1cnc(Oc2ccc(Br)cc2)nc1. The molecule has 0 aliphatic rings. The number of nitrogens with zero attached hydrogens (tertiary/aromatic N) is 2. The van der Waals surface area contributed by atoms with E-state index in [4.69, 9.17) is 4.74 Å². The van der Waals surface area contributed by atoms with E-state index < -0.39 is 0 Å². The average molecular weight is 322 g/mol. The van der Waals surface area contributed by atoms with Crippen molar-refractivity contribution >= 4 is 15.9 Å². The lowest BCUT2D eigenvalue weighted by Crippen LogP contribution is -2.21. The summed E-state index contributed by atoms with van der Waals surface area (Å²) in [6.45, 7) is 4.97. The molecule has 1 heterocycles. The van der Waals surface area contributed by atoms with Gasteiger partial charge in [0.2, 0.25) is 0 Å². The minimum absolute atomic E-state index is 0.357. The topological polar surface area (TPSA) is 47.0 Å². The molecule has 5 heteroatoms. The fourth-order valence-electron chi connectivity index (χ4n) is 1.42. The van der Waals surface area contributed by atoms with Gasteiger partial charge in [-0.3, -0.25) is 0 Å². The summed E-state index contributed by atoms with van der Waals surface area (Å²) in [5.41, 5.74) is 1.04. The van der Waals surface area contributed by atoms with Crippen molar-refractivity contribution in [3.63, 3.8) is 0 Å². The molecule has 2 aromatic rings. The van der Waals surface area contributed by atoms with Crippen LogP contribution in [0.3, 0.4) is 0 Å². The lowest BCUT2D eigenvalue weighted by molar-refractivity contribution is 0.440. The molecule has 0 saturated heterocycles. The first-order valence-electron chi connectivity index (χ1n) is 6.11. The van der Waals surface area contributed by atoms with Crippen LogP contribution in [0.25, 0.3) is 0 Å². The fraction of sp³-hybridized carbons (Fsp3) is 0.286. The second-order valence-electron chi connectivity index (χ2n) is 4.47. The van der Waals surface area contributed by atoms with Crippen molar-refractivity contribution < 1.29 is 4.74 Å². The van der Waals surface area contributed by atoms with Crippen molar-refractivity contribution in [2.45, 2.75) is 26.4 Å². The molecule has 0 aliphatic carbocycles. The molecular weight excluding hydrogens is 306 g/mol. The Morgan fingerprint density at radius 1 is 1.16 bits per heavy atom. The highest BCUT2D eigenvalue weighted by Crippen LogP contribution is 2.20. The van der Waals surface area contributed by atoms with Gasteiger partial charge < -0.3 is 10.1 Å². The zero-order valence-corrected chi connectivity index (χ0v) is 12.5. The molecule has 0 fully saturated rings. The maximum atomic E-state index is 5.55. The van der Waals surface area contributed by atoms with Crippen molar-refractivity contribution in [1.82, 2.24) is 15.3 Å². The van der Waals surface area contributed by atoms with E-state index in [1.165, 1.54) is 0 Å². The minimum Gasteiger partial charge on any atom is -0.424 e. The Morgan fingerprint density at radius 3 is 2.37 bits per heavy atom. The molecule has 1 aromatic heterocycles. The summed E-state index contributed by atoms with van der Waals surface area (Å²) in [5.74, 6) is 0.719. The number of halogens is 1. The molecule has 4 nitrogen and oxygen atoms in total. The number of hydrogen-bond acceptors (Lipinski definition) is 4. The fourth-order valence-corrected chi connectivity index (χ4v) is 1.68. The van der Waals surface area contributed by atoms with Crippen LogP contribution in [0.15, 0.2) is 41.1 Å². The van der Waals surface area contributed by atoms with Crippen LogP contribution in [0.2, 0.25) is 0 Å². The number of rotatable bonds is 5. The minimum atomic E-state index is 0.357. The Bertz CT molecular complexity index is 511. The largest absolute Gasteiger partial charge is 0.424 e. The number of hydrogen-bond donors (Lipinski definition) is 1. The zero-order valence-electron chi connectivity index (χ0n) is 10.9. The summed E-state index contributed by atoms with van der Waals surface area (Å²) in [6.07, 6.45) is 3.55. The summed E-state index contributed by atoms with van der Waals surface area (Å²) in [7, 11) is 0. The Morgan fingerprint density at radius 2 is 1.79 bits per heavy atom. The molecule has 0 saturated carbocycles. The van der Waals surface area contributed by atoms with Crippen molar-refractivity contribution in [3.05, 3.63) is 46.7 Å². The van der Waals surface area contributed by atoms with Crippen LogP contribution < -0.4 is 10.1 Å². The highest BCUT2D eigenvalue weighted by atomic mass is 79.9. The summed E-state index contributed by atoms with van der Waals surface area (Å²) >= 11 is 3.38. The Hall–Kier alpha value is -1.46. The molecule has 19 heavy (non-hydrogen) atoms. The van der Waals surface area contributed by atoms with Gasteiger partial charge in [-0.15, -0.1) is 0 Å². The Kier molecular flexibility index (Phi) is 4.87. The molecule has 2 rings (SSSR count). The van der Waals surface area contributed by atoms with Crippen molar-refractivity contribution in [2.75, 3.05) is 0 Å². The molecular formula is C14H16BrN3O. The summed E-state index contributed by atoms with van der Waals surface area (Å²) in [5, 5.41) is 3.31. The maximum Gasteiger partial charge on any atom is 0.321 e. The van der Waals surface area contributed by atoms with Crippen molar-refractivity contribution in [2.24, 2.45) is 0 Å². The van der Waals surface area contributed by atoms with Gasteiger partial charge in [-0.1, -0.05) is 29.8 Å². The van der Waals surface area contributed by atoms with E-state index in [2.05, 4.69) is 45.1 Å². The first-order chi connectivity index (χ1) is 9.13. The van der Waals surface area contributed by atoms with Crippen LogP contribution in [-0.4, -0.2) is 16.0 Å². The van der Waals surface area contributed by atoms with E-state index in [-0.39, 0.29) is 0 Å². The van der Waals surface area contributed by atoms with E-state index in [9.17, 15) is 0 Å². The molecule has 0 radical (unpaired) electrons. The van der Waals surface area contributed by atoms with Gasteiger partial charge in [0.1, 0.15) is 5.75 Å². The third-order valence-corrected chi connectivity index (χ3v) is 2.95. The van der Waals surface area contributed by atoms with Crippen LogP contribution >= 0.6 is 15.9 Å². The molecule has 0 spiro atoms. The van der Waals surface area contributed by atoms with Gasteiger partial charge in [0.15, 0.2) is 0 Å². The molecule has 0 atom stereocenters. The van der Waals surface area contributed by atoms with Crippen LogP contribution in [0.5, 0.6) is 11.8 Å². The van der Waals surface area contributed by atoms with Gasteiger partial charge in [0.05, 0.1) is 0 Å². The third kappa shape index (κ3) is 4.61.